The van der Waals surface area contributed by atoms with Crippen LogP contribution in [-0.4, -0.2) is 97.6 Å². The molecule has 0 aromatic carbocycles. The van der Waals surface area contributed by atoms with Crippen LogP contribution in [0.15, 0.2) is 35.6 Å². The first-order valence-corrected chi connectivity index (χ1v) is 13.3. The van der Waals surface area contributed by atoms with Gasteiger partial charge < -0.3 is 47.1 Å². The average molecular weight is 531 g/mol. The van der Waals surface area contributed by atoms with E-state index in [-0.39, 0.29) is 11.9 Å². The number of aliphatic hydroxyl groups excluding tert-OH is 1. The third-order valence-electron chi connectivity index (χ3n) is 6.39. The van der Waals surface area contributed by atoms with Crippen LogP contribution in [0.25, 0.3) is 0 Å². The zero-order valence-corrected chi connectivity index (χ0v) is 21.9. The van der Waals surface area contributed by atoms with Gasteiger partial charge in [0.1, 0.15) is 11.7 Å². The minimum atomic E-state index is -1.07. The molecule has 0 saturated carbocycles. The molecule has 0 aliphatic carbocycles. The van der Waals surface area contributed by atoms with Gasteiger partial charge in [0.2, 0.25) is 6.35 Å². The number of aromatic nitrogens is 1. The molecular formula is C25H42N10O3. The van der Waals surface area contributed by atoms with Crippen LogP contribution in [0.4, 0.5) is 5.82 Å². The summed E-state index contributed by atoms with van der Waals surface area (Å²) in [6.45, 7) is 5.67. The Morgan fingerprint density at radius 2 is 2.00 bits per heavy atom. The summed E-state index contributed by atoms with van der Waals surface area (Å²) in [6.07, 6.45) is 8.43. The molecule has 1 saturated heterocycles. The number of carbonyl (C=O) groups is 1. The largest absolute Gasteiger partial charge is 0.378 e. The van der Waals surface area contributed by atoms with Crippen LogP contribution in [0, 0.1) is 5.41 Å². The lowest BCUT2D eigenvalue weighted by Crippen LogP contribution is -2.39. The number of hydrogen-bond acceptors (Lipinski definition) is 10. The Morgan fingerprint density at radius 3 is 2.68 bits per heavy atom. The molecule has 3 rings (SSSR count). The van der Waals surface area contributed by atoms with E-state index >= 15 is 0 Å². The van der Waals surface area contributed by atoms with Crippen molar-refractivity contribution in [3.8, 4) is 0 Å². The van der Waals surface area contributed by atoms with E-state index in [4.69, 9.17) is 21.6 Å². The normalized spacial score (nSPS) is 18.2. The Kier molecular flexibility index (Phi) is 12.2. The summed E-state index contributed by atoms with van der Waals surface area (Å²) >= 11 is 0. The first kappa shape index (κ1) is 29.3. The number of nitrogens with one attached hydrogen (secondary N) is 4. The quantitative estimate of drug-likeness (QED) is 0.0938. The highest BCUT2D eigenvalue weighted by molar-refractivity contribution is 6.10. The van der Waals surface area contributed by atoms with Gasteiger partial charge in [-0.3, -0.25) is 10.2 Å². The number of rotatable bonds is 14. The summed E-state index contributed by atoms with van der Waals surface area (Å²) in [6, 6.07) is 3.87. The van der Waals surface area contributed by atoms with Crippen LogP contribution in [0.5, 0.6) is 0 Å². The number of pyridine rings is 1. The lowest BCUT2D eigenvalue weighted by molar-refractivity contribution is 0.0421. The van der Waals surface area contributed by atoms with Gasteiger partial charge in [-0.05, 0) is 63.4 Å². The Morgan fingerprint density at radius 1 is 1.21 bits per heavy atom. The molecule has 1 fully saturated rings. The van der Waals surface area contributed by atoms with Gasteiger partial charge in [-0.1, -0.05) is 0 Å². The fourth-order valence-electron chi connectivity index (χ4n) is 4.29. The van der Waals surface area contributed by atoms with Gasteiger partial charge in [0.15, 0.2) is 5.96 Å². The smallest absolute Gasteiger partial charge is 0.258 e. The maximum atomic E-state index is 12.7. The van der Waals surface area contributed by atoms with E-state index in [0.29, 0.717) is 50.3 Å². The summed E-state index contributed by atoms with van der Waals surface area (Å²) in [5, 5.41) is 26.9. The number of morpholine rings is 1. The van der Waals surface area contributed by atoms with E-state index in [1.165, 1.54) is 0 Å². The van der Waals surface area contributed by atoms with Gasteiger partial charge in [0.25, 0.3) is 5.91 Å². The van der Waals surface area contributed by atoms with Gasteiger partial charge in [-0.2, -0.15) is 0 Å². The molecule has 2 aliphatic heterocycles. The molecule has 13 nitrogen and oxygen atoms in total. The monoisotopic (exact) mass is 530 g/mol. The highest BCUT2D eigenvalue weighted by atomic mass is 16.5. The fourth-order valence-corrected chi connectivity index (χ4v) is 4.29. The lowest BCUT2D eigenvalue weighted by atomic mass is 10.1. The average Bonchev–Trinajstić information content (AvgIpc) is 2.92. The van der Waals surface area contributed by atoms with Crippen molar-refractivity contribution in [2.45, 2.75) is 44.5 Å². The van der Waals surface area contributed by atoms with E-state index in [1.807, 2.05) is 6.07 Å². The Balaban J connectivity index is 1.42. The summed E-state index contributed by atoms with van der Waals surface area (Å²) in [5.74, 6) is 0.768. The Bertz CT molecular complexity index is 934. The first-order valence-electron chi connectivity index (χ1n) is 13.3. The van der Waals surface area contributed by atoms with E-state index in [9.17, 15) is 9.90 Å². The second-order valence-electron chi connectivity index (χ2n) is 9.29. The molecule has 2 aliphatic rings. The summed E-state index contributed by atoms with van der Waals surface area (Å²) in [7, 11) is 0. The highest BCUT2D eigenvalue weighted by Crippen LogP contribution is 2.14. The number of hydrogen-bond donors (Lipinski definition) is 7. The molecular weight excluding hydrogens is 488 g/mol. The van der Waals surface area contributed by atoms with E-state index < -0.39 is 6.35 Å². The number of nitrogens with two attached hydrogens (primary N) is 2. The number of nitrogens with zero attached hydrogens (tertiary/aromatic N) is 4. The number of aliphatic hydroxyl groups is 1. The lowest BCUT2D eigenvalue weighted by Gasteiger charge is -2.28. The maximum absolute atomic E-state index is 12.7. The maximum Gasteiger partial charge on any atom is 0.258 e. The molecule has 2 atom stereocenters. The molecule has 1 aromatic rings. The predicted molar refractivity (Wildman–Crippen MR) is 148 cm³/mol. The first-order chi connectivity index (χ1) is 18.5. The number of carbonyl (C=O) groups excluding carboxylic acids is 1. The van der Waals surface area contributed by atoms with Gasteiger partial charge in [0, 0.05) is 44.6 Å². The van der Waals surface area contributed by atoms with Gasteiger partial charge >= 0.3 is 0 Å². The number of anilines is 1. The van der Waals surface area contributed by atoms with Crippen molar-refractivity contribution in [2.24, 2.45) is 16.5 Å². The fraction of sp³-hybridized carbons (Fsp3) is 0.600. The minimum absolute atomic E-state index is 0.0158. The van der Waals surface area contributed by atoms with Crippen LogP contribution in [-0.2, 0) is 4.74 Å². The van der Waals surface area contributed by atoms with Crippen molar-refractivity contribution in [1.29, 1.82) is 5.41 Å². The minimum Gasteiger partial charge on any atom is -0.378 e. The molecule has 1 amide bonds. The summed E-state index contributed by atoms with van der Waals surface area (Å²) < 4.78 is 5.36. The van der Waals surface area contributed by atoms with Crippen molar-refractivity contribution in [1.82, 2.24) is 25.8 Å². The third-order valence-corrected chi connectivity index (χ3v) is 6.39. The SMILES string of the molecule is N=C(N)NCCCC(CCCN1C=CC(NC(=O)c2ccc(N3CCOCC3)nc2)=NC1O)NCCCN. The van der Waals surface area contributed by atoms with Crippen molar-refractivity contribution in [3.05, 3.63) is 36.2 Å². The van der Waals surface area contributed by atoms with Gasteiger partial charge in [0.05, 0.1) is 18.8 Å². The Hall–Kier alpha value is -3.26. The molecule has 1 aromatic heterocycles. The number of amidine groups is 1. The molecule has 0 radical (unpaired) electrons. The third kappa shape index (κ3) is 9.89. The molecule has 210 valence electrons. The second-order valence-corrected chi connectivity index (χ2v) is 9.29. The molecule has 0 spiro atoms. The molecule has 9 N–H and O–H groups in total. The molecule has 0 bridgehead atoms. The van der Waals surface area contributed by atoms with Crippen LogP contribution in [0.2, 0.25) is 0 Å². The zero-order chi connectivity index (χ0) is 27.2. The predicted octanol–water partition coefficient (Wildman–Crippen LogP) is -0.498. The topological polar surface area (TPSA) is 190 Å². The van der Waals surface area contributed by atoms with Crippen LogP contribution >= 0.6 is 0 Å². The number of ether oxygens (including phenoxy) is 1. The van der Waals surface area contributed by atoms with Gasteiger partial charge in [-0.25, -0.2) is 9.98 Å². The zero-order valence-electron chi connectivity index (χ0n) is 21.9. The Labute approximate surface area is 224 Å². The summed E-state index contributed by atoms with van der Waals surface area (Å²) in [5.41, 5.74) is 11.4. The van der Waals surface area contributed by atoms with E-state index in [0.717, 1.165) is 57.6 Å². The van der Waals surface area contributed by atoms with Gasteiger partial charge in [-0.15, -0.1) is 0 Å². The second kappa shape index (κ2) is 15.9. The van der Waals surface area contributed by atoms with Crippen LogP contribution in [0.3, 0.4) is 0 Å². The van der Waals surface area contributed by atoms with Crippen LogP contribution in [0.1, 0.15) is 42.5 Å². The standard InChI is InChI=1S/C25H42N10O3/c26-9-3-11-29-20(4-1-10-30-24(27)28)5-2-12-35-13-8-21(33-25(35)37)32-23(36)19-6-7-22(31-18-19)34-14-16-38-17-15-34/h6-8,13,18,20,25,29,37H,1-5,9-12,14-17,26H2,(H4,27,28,30)(H,32,33,36). The van der Waals surface area contributed by atoms with Crippen molar-refractivity contribution < 1.29 is 14.6 Å². The molecule has 13 heteroatoms. The van der Waals surface area contributed by atoms with E-state index in [1.54, 1.807) is 29.4 Å². The highest BCUT2D eigenvalue weighted by Gasteiger charge is 2.19. The van der Waals surface area contributed by atoms with E-state index in [2.05, 4.69) is 30.8 Å². The van der Waals surface area contributed by atoms with Crippen molar-refractivity contribution >= 4 is 23.5 Å². The molecule has 3 heterocycles. The molecule has 38 heavy (non-hydrogen) atoms. The van der Waals surface area contributed by atoms with Crippen molar-refractivity contribution in [2.75, 3.05) is 57.4 Å². The van der Waals surface area contributed by atoms with Crippen LogP contribution < -0.4 is 32.3 Å². The molecule has 2 unspecified atom stereocenters. The summed E-state index contributed by atoms with van der Waals surface area (Å²) in [4.78, 5) is 25.1. The number of guanidine groups is 1. The van der Waals surface area contributed by atoms with Crippen molar-refractivity contribution in [3.63, 3.8) is 0 Å². The number of amides is 1. The number of aliphatic imine (C=N–C) groups is 1.